The van der Waals surface area contributed by atoms with Gasteiger partial charge in [-0.05, 0) is 55.8 Å². The maximum absolute atomic E-state index is 12.5. The molecule has 3 rings (SSSR count). The van der Waals surface area contributed by atoms with Crippen molar-refractivity contribution in [3.8, 4) is 5.75 Å². The van der Waals surface area contributed by atoms with Crippen molar-refractivity contribution in [1.82, 2.24) is 10.2 Å². The number of aliphatic hydroxyl groups is 2. The summed E-state index contributed by atoms with van der Waals surface area (Å²) in [4.78, 5) is 14.7. The number of hydrogen-bond acceptors (Lipinski definition) is 6. The SMILES string of the molecule is COc1ccc(C(=O)NC2CN(Cc3ccc(CO)o3)CCCC2O)cc1. The summed E-state index contributed by atoms with van der Waals surface area (Å²) in [5, 5.41) is 22.5. The zero-order chi connectivity index (χ0) is 19.2. The first-order chi connectivity index (χ1) is 13.1. The zero-order valence-corrected chi connectivity index (χ0v) is 15.4. The van der Waals surface area contributed by atoms with Gasteiger partial charge < -0.3 is 24.7 Å². The number of ether oxygens (including phenoxy) is 1. The van der Waals surface area contributed by atoms with E-state index in [1.807, 2.05) is 6.07 Å². The van der Waals surface area contributed by atoms with Crippen molar-refractivity contribution in [1.29, 1.82) is 0 Å². The average molecular weight is 374 g/mol. The van der Waals surface area contributed by atoms with Gasteiger partial charge in [0.25, 0.3) is 5.91 Å². The first-order valence-corrected chi connectivity index (χ1v) is 9.13. The molecule has 1 aliphatic heterocycles. The lowest BCUT2D eigenvalue weighted by Gasteiger charge is -2.26. The van der Waals surface area contributed by atoms with Crippen LogP contribution < -0.4 is 10.1 Å². The monoisotopic (exact) mass is 374 g/mol. The molecule has 2 heterocycles. The van der Waals surface area contributed by atoms with Crippen LogP contribution in [0.3, 0.4) is 0 Å². The highest BCUT2D eigenvalue weighted by Gasteiger charge is 2.27. The molecule has 3 N–H and O–H groups in total. The molecule has 1 aromatic carbocycles. The lowest BCUT2D eigenvalue weighted by Crippen LogP contribution is -2.48. The fraction of sp³-hybridized carbons (Fsp3) is 0.450. The first-order valence-electron chi connectivity index (χ1n) is 9.13. The number of nitrogens with zero attached hydrogens (tertiary/aromatic N) is 1. The van der Waals surface area contributed by atoms with E-state index >= 15 is 0 Å². The molecule has 7 nitrogen and oxygen atoms in total. The maximum Gasteiger partial charge on any atom is 0.251 e. The number of carbonyl (C=O) groups excluding carboxylic acids is 1. The summed E-state index contributed by atoms with van der Waals surface area (Å²) in [7, 11) is 1.58. The molecule has 0 aliphatic carbocycles. The molecule has 2 atom stereocenters. The van der Waals surface area contributed by atoms with Crippen molar-refractivity contribution in [2.45, 2.75) is 38.1 Å². The lowest BCUT2D eigenvalue weighted by atomic mass is 10.1. The van der Waals surface area contributed by atoms with E-state index in [0.29, 0.717) is 36.6 Å². The van der Waals surface area contributed by atoms with E-state index in [0.717, 1.165) is 18.7 Å². The number of likely N-dealkylation sites (tertiary alicyclic amines) is 1. The molecule has 1 fully saturated rings. The molecule has 0 saturated carbocycles. The van der Waals surface area contributed by atoms with Gasteiger partial charge in [-0.25, -0.2) is 0 Å². The van der Waals surface area contributed by atoms with Gasteiger partial charge in [-0.15, -0.1) is 0 Å². The fourth-order valence-electron chi connectivity index (χ4n) is 3.31. The quantitative estimate of drug-likeness (QED) is 0.710. The summed E-state index contributed by atoms with van der Waals surface area (Å²) in [6.45, 7) is 1.78. The second-order valence-electron chi connectivity index (χ2n) is 6.78. The molecular weight excluding hydrogens is 348 g/mol. The van der Waals surface area contributed by atoms with Crippen molar-refractivity contribution in [2.24, 2.45) is 0 Å². The van der Waals surface area contributed by atoms with Crippen LogP contribution >= 0.6 is 0 Å². The largest absolute Gasteiger partial charge is 0.497 e. The Balaban J connectivity index is 1.63. The molecular formula is C20H26N2O5. The smallest absolute Gasteiger partial charge is 0.251 e. The topological polar surface area (TPSA) is 95.2 Å². The van der Waals surface area contributed by atoms with Crippen LogP contribution in [0.2, 0.25) is 0 Å². The lowest BCUT2D eigenvalue weighted by molar-refractivity contribution is 0.0794. The number of nitrogens with one attached hydrogen (secondary N) is 1. The minimum Gasteiger partial charge on any atom is -0.497 e. The van der Waals surface area contributed by atoms with Crippen LogP contribution in [0.1, 0.15) is 34.7 Å². The van der Waals surface area contributed by atoms with E-state index in [1.54, 1.807) is 37.4 Å². The van der Waals surface area contributed by atoms with Crippen molar-refractivity contribution >= 4 is 5.91 Å². The molecule has 2 unspecified atom stereocenters. The maximum atomic E-state index is 12.5. The Kier molecular flexibility index (Phi) is 6.49. The normalized spacial score (nSPS) is 20.9. The summed E-state index contributed by atoms with van der Waals surface area (Å²) >= 11 is 0. The third-order valence-electron chi connectivity index (χ3n) is 4.81. The number of furan rings is 1. The van der Waals surface area contributed by atoms with Crippen LogP contribution in [0.25, 0.3) is 0 Å². The summed E-state index contributed by atoms with van der Waals surface area (Å²) in [6, 6.07) is 10.1. The van der Waals surface area contributed by atoms with Crippen LogP contribution in [0.15, 0.2) is 40.8 Å². The number of hydrogen-bond donors (Lipinski definition) is 3. The summed E-state index contributed by atoms with van der Waals surface area (Å²) in [5.41, 5.74) is 0.525. The number of carbonyl (C=O) groups is 1. The van der Waals surface area contributed by atoms with Gasteiger partial charge in [0.15, 0.2) is 0 Å². The number of amides is 1. The number of methoxy groups -OCH3 is 1. The van der Waals surface area contributed by atoms with Crippen LogP contribution in [0.4, 0.5) is 0 Å². The zero-order valence-electron chi connectivity index (χ0n) is 15.4. The molecule has 1 saturated heterocycles. The molecule has 0 spiro atoms. The van der Waals surface area contributed by atoms with Crippen molar-refractivity contribution in [3.05, 3.63) is 53.5 Å². The predicted octanol–water partition coefficient (Wildman–Crippen LogP) is 1.54. The molecule has 0 radical (unpaired) electrons. The van der Waals surface area contributed by atoms with E-state index < -0.39 is 6.10 Å². The van der Waals surface area contributed by atoms with Crippen molar-refractivity contribution in [3.63, 3.8) is 0 Å². The van der Waals surface area contributed by atoms with Gasteiger partial charge in [0, 0.05) is 12.1 Å². The highest BCUT2D eigenvalue weighted by molar-refractivity contribution is 5.94. The van der Waals surface area contributed by atoms with Gasteiger partial charge in [-0.3, -0.25) is 9.69 Å². The third kappa shape index (κ3) is 5.09. The van der Waals surface area contributed by atoms with E-state index in [9.17, 15) is 9.90 Å². The second-order valence-corrected chi connectivity index (χ2v) is 6.78. The van der Waals surface area contributed by atoms with Gasteiger partial charge in [0.2, 0.25) is 0 Å². The number of benzene rings is 1. The minimum absolute atomic E-state index is 0.126. The third-order valence-corrected chi connectivity index (χ3v) is 4.81. The second kappa shape index (κ2) is 9.03. The predicted molar refractivity (Wildman–Crippen MR) is 99.4 cm³/mol. The van der Waals surface area contributed by atoms with Gasteiger partial charge >= 0.3 is 0 Å². The Morgan fingerprint density at radius 1 is 1.26 bits per heavy atom. The van der Waals surface area contributed by atoms with Gasteiger partial charge in [-0.1, -0.05) is 0 Å². The van der Waals surface area contributed by atoms with E-state index in [1.165, 1.54) is 0 Å². The van der Waals surface area contributed by atoms with Crippen molar-refractivity contribution < 1.29 is 24.2 Å². The van der Waals surface area contributed by atoms with Gasteiger partial charge in [-0.2, -0.15) is 0 Å². The van der Waals surface area contributed by atoms with Crippen molar-refractivity contribution in [2.75, 3.05) is 20.2 Å². The van der Waals surface area contributed by atoms with Crippen LogP contribution in [-0.2, 0) is 13.2 Å². The molecule has 0 bridgehead atoms. The molecule has 7 heteroatoms. The molecule has 2 aromatic rings. The van der Waals surface area contributed by atoms with E-state index in [4.69, 9.17) is 14.3 Å². The Bertz CT molecular complexity index is 743. The highest BCUT2D eigenvalue weighted by Crippen LogP contribution is 2.17. The van der Waals surface area contributed by atoms with Crippen LogP contribution in [0, 0.1) is 0 Å². The number of rotatable bonds is 6. The summed E-state index contributed by atoms with van der Waals surface area (Å²) < 4.78 is 10.7. The molecule has 1 amide bonds. The Morgan fingerprint density at radius 3 is 2.67 bits per heavy atom. The van der Waals surface area contributed by atoms with Crippen LogP contribution in [-0.4, -0.2) is 53.4 Å². The highest BCUT2D eigenvalue weighted by atomic mass is 16.5. The Hall–Kier alpha value is -2.35. The van der Waals surface area contributed by atoms with E-state index in [-0.39, 0.29) is 18.6 Å². The standard InChI is InChI=1S/C20H26N2O5/c1-26-15-6-4-14(5-7-15)20(25)21-18-12-22(10-2-3-19(18)24)11-16-8-9-17(13-23)27-16/h4-9,18-19,23-24H,2-3,10-13H2,1H3,(H,21,25). The average Bonchev–Trinajstić information content (AvgIpc) is 3.07. The minimum atomic E-state index is -0.596. The molecule has 1 aliphatic rings. The molecule has 1 aromatic heterocycles. The summed E-state index contributed by atoms with van der Waals surface area (Å²) in [6.07, 6.45) is 0.870. The Morgan fingerprint density at radius 2 is 2.00 bits per heavy atom. The molecule has 27 heavy (non-hydrogen) atoms. The van der Waals surface area contributed by atoms with Crippen LogP contribution in [0.5, 0.6) is 5.75 Å². The fourth-order valence-corrected chi connectivity index (χ4v) is 3.31. The first kappa shape index (κ1) is 19.4. The number of aliphatic hydroxyl groups excluding tert-OH is 2. The van der Waals surface area contributed by atoms with E-state index in [2.05, 4.69) is 10.2 Å². The van der Waals surface area contributed by atoms with Gasteiger partial charge in [0.05, 0.1) is 25.8 Å². The molecule has 146 valence electrons. The summed E-state index contributed by atoms with van der Waals surface area (Å²) in [5.74, 6) is 1.76. The van der Waals surface area contributed by atoms with Gasteiger partial charge in [0.1, 0.15) is 23.9 Å². The Labute approximate surface area is 158 Å².